The van der Waals surface area contributed by atoms with Gasteiger partial charge in [-0.2, -0.15) is 4.31 Å². The average Bonchev–Trinajstić information content (AvgIpc) is 2.29. The van der Waals surface area contributed by atoms with Crippen LogP contribution in [-0.2, 0) is 24.7 Å². The molecule has 0 atom stereocenters. The molecule has 21 heavy (non-hydrogen) atoms. The smallest absolute Gasteiger partial charge is 0.239 e. The monoisotopic (exact) mass is 334 g/mol. The van der Waals surface area contributed by atoms with E-state index in [-0.39, 0.29) is 11.4 Å². The number of benzene rings is 1. The number of aryl methyl sites for hydroxylation is 1. The van der Waals surface area contributed by atoms with Gasteiger partial charge in [0.2, 0.25) is 15.9 Å². The van der Waals surface area contributed by atoms with E-state index in [4.69, 9.17) is 0 Å². The molecule has 1 amide bonds. The summed E-state index contributed by atoms with van der Waals surface area (Å²) in [6.07, 6.45) is 2.07. The van der Waals surface area contributed by atoms with Crippen LogP contribution < -0.4 is 5.32 Å². The van der Waals surface area contributed by atoms with Gasteiger partial charge in [0.05, 0.1) is 17.7 Å². The Hall–Kier alpha value is -1.45. The van der Waals surface area contributed by atoms with Gasteiger partial charge in [0.1, 0.15) is 0 Å². The maximum absolute atomic E-state index is 11.8. The molecule has 0 aliphatic heterocycles. The molecule has 0 unspecified atom stereocenters. The van der Waals surface area contributed by atoms with Gasteiger partial charge in [0, 0.05) is 19.0 Å². The zero-order valence-electron chi connectivity index (χ0n) is 12.2. The molecule has 9 heteroatoms. The van der Waals surface area contributed by atoms with E-state index in [0.717, 1.165) is 16.8 Å². The molecule has 0 saturated carbocycles. The van der Waals surface area contributed by atoms with E-state index < -0.39 is 25.8 Å². The molecule has 1 aromatic rings. The lowest BCUT2D eigenvalue weighted by Crippen LogP contribution is -2.34. The maximum Gasteiger partial charge on any atom is 0.239 e. The number of anilines is 1. The molecule has 1 N–H and O–H groups in total. The van der Waals surface area contributed by atoms with Gasteiger partial charge in [0.15, 0.2) is 9.84 Å². The summed E-state index contributed by atoms with van der Waals surface area (Å²) in [6, 6.07) is 4.37. The highest BCUT2D eigenvalue weighted by Gasteiger charge is 2.16. The highest BCUT2D eigenvalue weighted by Crippen LogP contribution is 2.20. The van der Waals surface area contributed by atoms with E-state index in [1.54, 1.807) is 13.0 Å². The first-order valence-electron chi connectivity index (χ1n) is 5.93. The molecule has 0 aliphatic carbocycles. The van der Waals surface area contributed by atoms with Gasteiger partial charge in [-0.25, -0.2) is 16.8 Å². The van der Waals surface area contributed by atoms with Gasteiger partial charge in [-0.3, -0.25) is 4.79 Å². The summed E-state index contributed by atoms with van der Waals surface area (Å²) in [7, 11) is -5.55. The van der Waals surface area contributed by atoms with Crippen LogP contribution in [0.5, 0.6) is 0 Å². The van der Waals surface area contributed by atoms with Crippen LogP contribution in [0.4, 0.5) is 5.69 Å². The molecule has 0 spiro atoms. The fourth-order valence-electron chi connectivity index (χ4n) is 1.48. The molecule has 7 nitrogen and oxygen atoms in total. The van der Waals surface area contributed by atoms with Crippen molar-refractivity contribution in [1.82, 2.24) is 4.31 Å². The minimum absolute atomic E-state index is 0.0832. The molecule has 0 bridgehead atoms. The van der Waals surface area contributed by atoms with Crippen LogP contribution in [0.3, 0.4) is 0 Å². The number of carbonyl (C=O) groups excluding carboxylic acids is 1. The van der Waals surface area contributed by atoms with Crippen molar-refractivity contribution < 1.29 is 21.6 Å². The van der Waals surface area contributed by atoms with E-state index >= 15 is 0 Å². The summed E-state index contributed by atoms with van der Waals surface area (Å²) in [6.45, 7) is 1.36. The van der Waals surface area contributed by atoms with Crippen LogP contribution in [0, 0.1) is 6.92 Å². The standard InChI is InChI=1S/C12H18N2O5S2/c1-9-5-6-10(20(3,16)17)7-11(9)13-12(15)8-14(2)21(4,18)19/h5-7H,8H2,1-4H3,(H,13,15). The molecule has 0 saturated heterocycles. The van der Waals surface area contributed by atoms with Crippen LogP contribution in [0.25, 0.3) is 0 Å². The van der Waals surface area contributed by atoms with Crippen molar-refractivity contribution in [2.75, 3.05) is 31.4 Å². The first kappa shape index (κ1) is 17.6. The second-order valence-electron chi connectivity index (χ2n) is 4.82. The molecular weight excluding hydrogens is 316 g/mol. The van der Waals surface area contributed by atoms with E-state index in [2.05, 4.69) is 5.32 Å². The largest absolute Gasteiger partial charge is 0.325 e. The number of rotatable bonds is 5. The second kappa shape index (κ2) is 6.12. The number of sulfone groups is 1. The third-order valence-electron chi connectivity index (χ3n) is 2.84. The highest BCUT2D eigenvalue weighted by atomic mass is 32.2. The van der Waals surface area contributed by atoms with Gasteiger partial charge in [-0.05, 0) is 24.6 Å². The molecule has 0 aromatic heterocycles. The van der Waals surface area contributed by atoms with E-state index in [1.807, 2.05) is 0 Å². The number of amides is 1. The first-order chi connectivity index (χ1) is 9.41. The number of carbonyl (C=O) groups is 1. The Labute approximate surface area is 124 Å². The van der Waals surface area contributed by atoms with Crippen molar-refractivity contribution >= 4 is 31.5 Å². The van der Waals surface area contributed by atoms with Gasteiger partial charge in [-0.15, -0.1) is 0 Å². The Bertz CT molecular complexity index is 754. The zero-order chi connectivity index (χ0) is 16.4. The molecular formula is C12H18N2O5S2. The first-order valence-corrected chi connectivity index (χ1v) is 9.67. The zero-order valence-corrected chi connectivity index (χ0v) is 13.9. The summed E-state index contributed by atoms with van der Waals surface area (Å²) in [5.41, 5.74) is 1.02. The van der Waals surface area contributed by atoms with Crippen LogP contribution >= 0.6 is 0 Å². The minimum Gasteiger partial charge on any atom is -0.325 e. The molecule has 0 radical (unpaired) electrons. The topological polar surface area (TPSA) is 101 Å². The summed E-state index contributed by atoms with van der Waals surface area (Å²) in [5, 5.41) is 2.52. The predicted octanol–water partition coefficient (Wildman–Crippen LogP) is 0.228. The molecule has 1 aromatic carbocycles. The third kappa shape index (κ3) is 5.10. The second-order valence-corrected chi connectivity index (χ2v) is 8.92. The van der Waals surface area contributed by atoms with Crippen LogP contribution in [-0.4, -0.2) is 53.2 Å². The molecule has 0 aliphatic rings. The van der Waals surface area contributed by atoms with E-state index in [1.165, 1.54) is 19.2 Å². The van der Waals surface area contributed by atoms with Gasteiger partial charge in [-0.1, -0.05) is 6.07 Å². The van der Waals surface area contributed by atoms with Crippen molar-refractivity contribution in [3.63, 3.8) is 0 Å². The number of sulfonamides is 1. The van der Waals surface area contributed by atoms with Crippen molar-refractivity contribution in [3.05, 3.63) is 23.8 Å². The Morgan fingerprint density at radius 1 is 1.19 bits per heavy atom. The number of likely N-dealkylation sites (N-methyl/N-ethyl adjacent to an activating group) is 1. The molecule has 0 heterocycles. The predicted molar refractivity (Wildman–Crippen MR) is 80.4 cm³/mol. The Kier molecular flexibility index (Phi) is 5.13. The fourth-order valence-corrected chi connectivity index (χ4v) is 2.47. The minimum atomic E-state index is -3.46. The molecule has 1 rings (SSSR count). The summed E-state index contributed by atoms with van der Waals surface area (Å²) < 4.78 is 46.4. The molecule has 0 fully saturated rings. The fraction of sp³-hybridized carbons (Fsp3) is 0.417. The Balaban J connectivity index is 2.96. The highest BCUT2D eigenvalue weighted by molar-refractivity contribution is 7.90. The van der Waals surface area contributed by atoms with Crippen molar-refractivity contribution in [2.24, 2.45) is 0 Å². The van der Waals surface area contributed by atoms with Crippen molar-refractivity contribution in [1.29, 1.82) is 0 Å². The van der Waals surface area contributed by atoms with Crippen LogP contribution in [0.2, 0.25) is 0 Å². The van der Waals surface area contributed by atoms with Crippen molar-refractivity contribution in [2.45, 2.75) is 11.8 Å². The summed E-state index contributed by atoms with van der Waals surface area (Å²) >= 11 is 0. The summed E-state index contributed by atoms with van der Waals surface area (Å²) in [5.74, 6) is -0.545. The molecule has 118 valence electrons. The maximum atomic E-state index is 11.8. The van der Waals surface area contributed by atoms with Crippen LogP contribution in [0.15, 0.2) is 23.1 Å². The van der Waals surface area contributed by atoms with Gasteiger partial charge in [0.25, 0.3) is 0 Å². The van der Waals surface area contributed by atoms with Crippen LogP contribution in [0.1, 0.15) is 5.56 Å². The Morgan fingerprint density at radius 3 is 2.24 bits per heavy atom. The average molecular weight is 334 g/mol. The number of hydrogen-bond acceptors (Lipinski definition) is 5. The lowest BCUT2D eigenvalue weighted by molar-refractivity contribution is -0.116. The van der Waals surface area contributed by atoms with E-state index in [9.17, 15) is 21.6 Å². The number of nitrogens with one attached hydrogen (secondary N) is 1. The lowest BCUT2D eigenvalue weighted by atomic mass is 10.2. The SMILES string of the molecule is Cc1ccc(S(C)(=O)=O)cc1NC(=O)CN(C)S(C)(=O)=O. The van der Waals surface area contributed by atoms with E-state index in [0.29, 0.717) is 11.3 Å². The number of hydrogen-bond donors (Lipinski definition) is 1. The van der Waals surface area contributed by atoms with Crippen molar-refractivity contribution in [3.8, 4) is 0 Å². The van der Waals surface area contributed by atoms with Gasteiger partial charge >= 0.3 is 0 Å². The Morgan fingerprint density at radius 2 is 1.76 bits per heavy atom. The normalized spacial score (nSPS) is 12.4. The summed E-state index contributed by atoms with van der Waals surface area (Å²) in [4.78, 5) is 11.9. The number of nitrogens with zero attached hydrogens (tertiary/aromatic N) is 1. The third-order valence-corrected chi connectivity index (χ3v) is 5.22. The lowest BCUT2D eigenvalue weighted by Gasteiger charge is -2.15. The quantitative estimate of drug-likeness (QED) is 0.830. The van der Waals surface area contributed by atoms with Gasteiger partial charge < -0.3 is 5.32 Å².